The Hall–Kier alpha value is -3.52. The first kappa shape index (κ1) is 23.2. The number of fused-ring (bicyclic) bond motifs is 1. The van der Waals surface area contributed by atoms with E-state index in [2.05, 4.69) is 21.5 Å². The number of nitrogens with one attached hydrogen (secondary N) is 1. The summed E-state index contributed by atoms with van der Waals surface area (Å²) in [5.41, 5.74) is 1.92. The minimum Gasteiger partial charge on any atom is -0.355 e. The summed E-state index contributed by atoms with van der Waals surface area (Å²) in [6.45, 7) is 1.55. The van der Waals surface area contributed by atoms with Crippen molar-refractivity contribution in [1.29, 1.82) is 5.26 Å². The summed E-state index contributed by atoms with van der Waals surface area (Å²) in [4.78, 5) is 22.6. The fourth-order valence-corrected chi connectivity index (χ4v) is 5.09. The summed E-state index contributed by atoms with van der Waals surface area (Å²) in [7, 11) is 0. The monoisotopic (exact) mass is 483 g/mol. The average Bonchev–Trinajstić information content (AvgIpc) is 3.28. The lowest BCUT2D eigenvalue weighted by Gasteiger charge is -2.49. The van der Waals surface area contributed by atoms with E-state index in [0.29, 0.717) is 24.4 Å². The Morgan fingerprint density at radius 1 is 1.31 bits per heavy atom. The second kappa shape index (κ2) is 8.61. The van der Waals surface area contributed by atoms with Crippen LogP contribution in [0.15, 0.2) is 36.7 Å². The van der Waals surface area contributed by atoms with Gasteiger partial charge in [0.2, 0.25) is 5.91 Å². The molecule has 3 aromatic heterocycles. The number of likely N-dealkylation sites (tertiary alicyclic amines) is 1. The van der Waals surface area contributed by atoms with Gasteiger partial charge in [0.15, 0.2) is 0 Å². The maximum Gasteiger partial charge on any atom is 0.401 e. The number of aromatic nitrogens is 4. The van der Waals surface area contributed by atoms with Crippen molar-refractivity contribution in [2.45, 2.75) is 37.4 Å². The molecule has 0 spiro atoms. The molecule has 5 rings (SSSR count). The van der Waals surface area contributed by atoms with Gasteiger partial charge in [0.1, 0.15) is 16.9 Å². The number of rotatable bonds is 5. The summed E-state index contributed by atoms with van der Waals surface area (Å²) < 4.78 is 40.0. The molecule has 0 bridgehead atoms. The number of nitrogens with zero attached hydrogens (tertiary/aromatic N) is 6. The van der Waals surface area contributed by atoms with E-state index < -0.39 is 18.3 Å². The van der Waals surface area contributed by atoms with Crippen LogP contribution in [0.2, 0.25) is 0 Å². The maximum atomic E-state index is 12.8. The Bertz CT molecular complexity index is 1310. The number of hydrogen-bond acceptors (Lipinski definition) is 6. The quantitative estimate of drug-likeness (QED) is 0.598. The Kier molecular flexibility index (Phi) is 5.71. The van der Waals surface area contributed by atoms with Gasteiger partial charge in [-0.1, -0.05) is 6.92 Å². The largest absolute Gasteiger partial charge is 0.401 e. The molecule has 2 fully saturated rings. The number of halogens is 3. The van der Waals surface area contributed by atoms with Crippen LogP contribution in [-0.2, 0) is 10.3 Å². The molecule has 35 heavy (non-hydrogen) atoms. The van der Waals surface area contributed by atoms with Gasteiger partial charge in [-0.15, -0.1) is 0 Å². The lowest BCUT2D eigenvalue weighted by molar-refractivity contribution is -0.167. The molecular formula is C24H24F3N7O. The van der Waals surface area contributed by atoms with Gasteiger partial charge >= 0.3 is 6.18 Å². The fourth-order valence-electron chi connectivity index (χ4n) is 5.09. The Labute approximate surface area is 199 Å². The standard InChI is InChI=1S/C24H24F3N7O/c1-15-9-16(11-30-22(15)35)19-10-20-17(3-2-7-29-20)21(31-19)18-4-8-34(32-18)23(5-6-28)12-33(13-23)14-24(25,26)27/h2-4,7-8,10,15-16H,5,9,11-14H2,1H3,(H,30,35). The molecule has 2 unspecified atom stereocenters. The van der Waals surface area contributed by atoms with Crippen LogP contribution in [0, 0.1) is 17.2 Å². The summed E-state index contributed by atoms with van der Waals surface area (Å²) in [5, 5.41) is 17.8. The molecule has 0 aromatic carbocycles. The Morgan fingerprint density at radius 2 is 2.11 bits per heavy atom. The van der Waals surface area contributed by atoms with Crippen LogP contribution in [0.1, 0.15) is 31.4 Å². The normalized spacial score (nSPS) is 22.4. The van der Waals surface area contributed by atoms with E-state index in [4.69, 9.17) is 4.98 Å². The average molecular weight is 483 g/mol. The second-order valence-electron chi connectivity index (χ2n) is 9.51. The van der Waals surface area contributed by atoms with Gasteiger partial charge < -0.3 is 5.32 Å². The molecular weight excluding hydrogens is 459 g/mol. The number of pyridine rings is 2. The zero-order valence-corrected chi connectivity index (χ0v) is 19.1. The summed E-state index contributed by atoms with van der Waals surface area (Å²) in [6.07, 6.45) is -0.161. The van der Waals surface area contributed by atoms with Crippen LogP contribution in [0.4, 0.5) is 13.2 Å². The van der Waals surface area contributed by atoms with Crippen molar-refractivity contribution in [3.63, 3.8) is 0 Å². The van der Waals surface area contributed by atoms with Crippen molar-refractivity contribution in [3.05, 3.63) is 42.4 Å². The highest BCUT2D eigenvalue weighted by atomic mass is 19.4. The van der Waals surface area contributed by atoms with E-state index in [0.717, 1.165) is 16.6 Å². The molecule has 1 N–H and O–H groups in total. The van der Waals surface area contributed by atoms with Crippen molar-refractivity contribution in [3.8, 4) is 17.5 Å². The predicted octanol–water partition coefficient (Wildman–Crippen LogP) is 3.22. The first-order valence-corrected chi connectivity index (χ1v) is 11.4. The summed E-state index contributed by atoms with van der Waals surface area (Å²) >= 11 is 0. The van der Waals surface area contributed by atoms with Gasteiger partial charge in [0.25, 0.3) is 0 Å². The van der Waals surface area contributed by atoms with E-state index in [1.807, 2.05) is 25.1 Å². The van der Waals surface area contributed by atoms with E-state index in [1.165, 1.54) is 4.90 Å². The number of hydrogen-bond donors (Lipinski definition) is 1. The molecule has 2 saturated heterocycles. The zero-order valence-electron chi connectivity index (χ0n) is 19.1. The van der Waals surface area contributed by atoms with Crippen LogP contribution in [0.3, 0.4) is 0 Å². The maximum absolute atomic E-state index is 12.8. The minimum absolute atomic E-state index is 0.0296. The number of nitriles is 1. The van der Waals surface area contributed by atoms with Gasteiger partial charge in [-0.25, -0.2) is 4.98 Å². The lowest BCUT2D eigenvalue weighted by atomic mass is 9.87. The molecule has 2 atom stereocenters. The minimum atomic E-state index is -4.29. The first-order valence-electron chi connectivity index (χ1n) is 11.4. The van der Waals surface area contributed by atoms with Gasteiger partial charge in [-0.3, -0.25) is 19.4 Å². The van der Waals surface area contributed by atoms with E-state index in [-0.39, 0.29) is 37.3 Å². The predicted molar refractivity (Wildman–Crippen MR) is 121 cm³/mol. The van der Waals surface area contributed by atoms with Crippen LogP contribution in [-0.4, -0.2) is 62.9 Å². The van der Waals surface area contributed by atoms with E-state index >= 15 is 0 Å². The second-order valence-corrected chi connectivity index (χ2v) is 9.51. The van der Waals surface area contributed by atoms with Crippen molar-refractivity contribution in [2.75, 3.05) is 26.2 Å². The van der Waals surface area contributed by atoms with Gasteiger partial charge in [0, 0.05) is 54.9 Å². The molecule has 3 aromatic rings. The highest BCUT2D eigenvalue weighted by Crippen LogP contribution is 2.36. The molecule has 0 radical (unpaired) electrons. The van der Waals surface area contributed by atoms with Gasteiger partial charge in [-0.05, 0) is 30.7 Å². The fraction of sp³-hybridized carbons (Fsp3) is 0.458. The van der Waals surface area contributed by atoms with Gasteiger partial charge in [0.05, 0.1) is 24.6 Å². The number of amides is 1. The molecule has 5 heterocycles. The number of alkyl halides is 3. The molecule has 1 amide bonds. The smallest absolute Gasteiger partial charge is 0.355 e. The van der Waals surface area contributed by atoms with Crippen LogP contribution < -0.4 is 5.32 Å². The number of carbonyl (C=O) groups excluding carboxylic acids is 1. The summed E-state index contributed by atoms with van der Waals surface area (Å²) in [6, 6.07) is 9.52. The van der Waals surface area contributed by atoms with Crippen molar-refractivity contribution < 1.29 is 18.0 Å². The van der Waals surface area contributed by atoms with E-state index in [9.17, 15) is 23.2 Å². The third kappa shape index (κ3) is 4.46. The van der Waals surface area contributed by atoms with Crippen molar-refractivity contribution in [2.24, 2.45) is 5.92 Å². The Morgan fingerprint density at radius 3 is 2.83 bits per heavy atom. The highest BCUT2D eigenvalue weighted by Gasteiger charge is 2.48. The molecule has 0 saturated carbocycles. The summed E-state index contributed by atoms with van der Waals surface area (Å²) in [5.74, 6) is -0.0637. The molecule has 0 aliphatic carbocycles. The zero-order chi connectivity index (χ0) is 24.8. The number of carbonyl (C=O) groups is 1. The Balaban J connectivity index is 1.49. The van der Waals surface area contributed by atoms with Crippen molar-refractivity contribution in [1.82, 2.24) is 30.0 Å². The topological polar surface area (TPSA) is 99.7 Å². The third-order valence-electron chi connectivity index (χ3n) is 6.81. The van der Waals surface area contributed by atoms with Crippen LogP contribution in [0.25, 0.3) is 22.3 Å². The molecule has 11 heteroatoms. The highest BCUT2D eigenvalue weighted by molar-refractivity contribution is 5.91. The first-order chi connectivity index (χ1) is 16.7. The molecule has 2 aliphatic heterocycles. The lowest BCUT2D eigenvalue weighted by Crippen LogP contribution is -2.64. The molecule has 182 valence electrons. The molecule has 8 nitrogen and oxygen atoms in total. The molecule has 2 aliphatic rings. The van der Waals surface area contributed by atoms with Gasteiger partial charge in [-0.2, -0.15) is 23.5 Å². The van der Waals surface area contributed by atoms with E-state index in [1.54, 1.807) is 23.1 Å². The SMILES string of the molecule is CC1CC(c2cc3ncccc3c(-c3ccn(C4(CC#N)CN(CC(F)(F)F)C4)n3)n2)CNC1=O. The number of piperidine rings is 1. The third-order valence-corrected chi connectivity index (χ3v) is 6.81. The van der Waals surface area contributed by atoms with Crippen molar-refractivity contribution >= 4 is 16.8 Å². The van der Waals surface area contributed by atoms with Crippen LogP contribution in [0.5, 0.6) is 0 Å². The van der Waals surface area contributed by atoms with Crippen LogP contribution >= 0.6 is 0 Å².